The fourth-order valence-electron chi connectivity index (χ4n) is 3.29. The Morgan fingerprint density at radius 2 is 1.80 bits per heavy atom. The van der Waals surface area contributed by atoms with Crippen LogP contribution in [0.2, 0.25) is 0 Å². The van der Waals surface area contributed by atoms with Crippen molar-refractivity contribution in [2.75, 3.05) is 27.4 Å². The van der Waals surface area contributed by atoms with Crippen LogP contribution in [0, 0.1) is 6.92 Å². The molecule has 1 unspecified atom stereocenters. The molecule has 1 aromatic heterocycles. The van der Waals surface area contributed by atoms with Crippen molar-refractivity contribution in [2.24, 2.45) is 0 Å². The molecule has 0 bridgehead atoms. The Morgan fingerprint density at radius 1 is 0.967 bits per heavy atom. The summed E-state index contributed by atoms with van der Waals surface area (Å²) in [5, 5.41) is 10.6. The van der Waals surface area contributed by atoms with E-state index in [2.05, 4.69) is 4.90 Å². The maximum Gasteiger partial charge on any atom is 0.161 e. The third-order valence-corrected chi connectivity index (χ3v) is 4.71. The van der Waals surface area contributed by atoms with Crippen molar-refractivity contribution in [1.82, 2.24) is 4.90 Å². The van der Waals surface area contributed by atoms with Crippen molar-refractivity contribution >= 4 is 0 Å². The lowest BCUT2D eigenvalue weighted by Crippen LogP contribution is -2.35. The molecule has 6 nitrogen and oxygen atoms in total. The first kappa shape index (κ1) is 21.7. The highest BCUT2D eigenvalue weighted by atomic mass is 16.5. The van der Waals surface area contributed by atoms with E-state index in [1.54, 1.807) is 20.5 Å². The van der Waals surface area contributed by atoms with Crippen molar-refractivity contribution in [3.05, 3.63) is 77.7 Å². The summed E-state index contributed by atoms with van der Waals surface area (Å²) in [6.45, 7) is 3.84. The maximum absolute atomic E-state index is 10.6. The molecule has 0 saturated carbocycles. The van der Waals surface area contributed by atoms with Crippen LogP contribution in [0.15, 0.2) is 65.3 Å². The fraction of sp³-hybridized carbons (Fsp3) is 0.333. The maximum atomic E-state index is 10.6. The lowest BCUT2D eigenvalue weighted by Gasteiger charge is -2.25. The highest BCUT2D eigenvalue weighted by Gasteiger charge is 2.16. The molecule has 0 aliphatic heterocycles. The Hall–Kier alpha value is -2.96. The molecule has 0 spiro atoms. The summed E-state index contributed by atoms with van der Waals surface area (Å²) in [5.41, 5.74) is 2.17. The van der Waals surface area contributed by atoms with Crippen LogP contribution < -0.4 is 14.2 Å². The van der Waals surface area contributed by atoms with Gasteiger partial charge < -0.3 is 23.7 Å². The normalized spacial score (nSPS) is 12.0. The molecular formula is C24H29NO5. The van der Waals surface area contributed by atoms with Gasteiger partial charge in [-0.1, -0.05) is 18.2 Å². The lowest BCUT2D eigenvalue weighted by atomic mass is 10.1. The molecule has 30 heavy (non-hydrogen) atoms. The number of aliphatic hydroxyl groups is 1. The van der Waals surface area contributed by atoms with Gasteiger partial charge in [-0.3, -0.25) is 4.90 Å². The highest BCUT2D eigenvalue weighted by Crippen LogP contribution is 2.28. The molecule has 6 heteroatoms. The van der Waals surface area contributed by atoms with Gasteiger partial charge in [-0.05, 0) is 54.4 Å². The Bertz CT molecular complexity index is 910. The van der Waals surface area contributed by atoms with E-state index in [0.29, 0.717) is 31.1 Å². The van der Waals surface area contributed by atoms with Gasteiger partial charge in [0.25, 0.3) is 0 Å². The summed E-state index contributed by atoms with van der Waals surface area (Å²) in [5.74, 6) is 2.95. The number of aliphatic hydroxyl groups excluding tert-OH is 1. The molecule has 3 aromatic rings. The highest BCUT2D eigenvalue weighted by molar-refractivity contribution is 5.42. The van der Waals surface area contributed by atoms with Crippen molar-refractivity contribution in [3.8, 4) is 17.2 Å². The number of aryl methyl sites for hydroxylation is 1. The van der Waals surface area contributed by atoms with Crippen LogP contribution in [0.1, 0.15) is 16.9 Å². The second-order valence-corrected chi connectivity index (χ2v) is 7.22. The number of hydrogen-bond acceptors (Lipinski definition) is 6. The predicted molar refractivity (Wildman–Crippen MR) is 115 cm³/mol. The SMILES string of the molecule is COc1ccc(CN(Cc2ccco2)CC(O)COc2cccc(C)c2)cc1OC. The Morgan fingerprint density at radius 3 is 2.50 bits per heavy atom. The number of nitrogens with zero attached hydrogens (tertiary/aromatic N) is 1. The van der Waals surface area contributed by atoms with Crippen molar-refractivity contribution in [3.63, 3.8) is 0 Å². The Balaban J connectivity index is 1.66. The summed E-state index contributed by atoms with van der Waals surface area (Å²) >= 11 is 0. The van der Waals surface area contributed by atoms with E-state index in [9.17, 15) is 5.11 Å². The standard InChI is InChI=1S/C24H29NO5/c1-18-6-4-7-21(12-18)30-17-20(26)15-25(16-22-8-5-11-29-22)14-19-9-10-23(27-2)24(13-19)28-3/h4-13,20,26H,14-17H2,1-3H3. The number of methoxy groups -OCH3 is 2. The molecule has 0 amide bonds. The zero-order valence-corrected chi connectivity index (χ0v) is 17.7. The minimum atomic E-state index is -0.652. The van der Waals surface area contributed by atoms with Gasteiger partial charge in [-0.25, -0.2) is 0 Å². The van der Waals surface area contributed by atoms with Gasteiger partial charge >= 0.3 is 0 Å². The first-order valence-corrected chi connectivity index (χ1v) is 9.90. The van der Waals surface area contributed by atoms with Crippen LogP contribution in [-0.2, 0) is 13.1 Å². The molecule has 0 aliphatic rings. The first-order valence-electron chi connectivity index (χ1n) is 9.90. The predicted octanol–water partition coefficient (Wildman–Crippen LogP) is 4.05. The van der Waals surface area contributed by atoms with Crippen LogP contribution in [0.5, 0.6) is 17.2 Å². The van der Waals surface area contributed by atoms with Gasteiger partial charge in [-0.15, -0.1) is 0 Å². The second-order valence-electron chi connectivity index (χ2n) is 7.22. The Kier molecular flexibility index (Phi) is 7.76. The molecule has 0 saturated heterocycles. The average molecular weight is 411 g/mol. The lowest BCUT2D eigenvalue weighted by molar-refractivity contribution is 0.0604. The average Bonchev–Trinajstić information content (AvgIpc) is 3.25. The van der Waals surface area contributed by atoms with E-state index in [4.69, 9.17) is 18.6 Å². The number of ether oxygens (including phenoxy) is 3. The number of benzene rings is 2. The molecule has 160 valence electrons. The molecular weight excluding hydrogens is 382 g/mol. The smallest absolute Gasteiger partial charge is 0.161 e. The van der Waals surface area contributed by atoms with E-state index in [-0.39, 0.29) is 6.61 Å². The van der Waals surface area contributed by atoms with Crippen LogP contribution in [-0.4, -0.2) is 43.5 Å². The topological polar surface area (TPSA) is 64.3 Å². The zero-order chi connectivity index (χ0) is 21.3. The third-order valence-electron chi connectivity index (χ3n) is 4.71. The van der Waals surface area contributed by atoms with E-state index < -0.39 is 6.10 Å². The molecule has 0 fully saturated rings. The first-order chi connectivity index (χ1) is 14.6. The Labute approximate surface area is 177 Å². The van der Waals surface area contributed by atoms with Gasteiger partial charge in [0, 0.05) is 13.1 Å². The van der Waals surface area contributed by atoms with Crippen molar-refractivity contribution in [2.45, 2.75) is 26.1 Å². The molecule has 0 radical (unpaired) electrons. The van der Waals surface area contributed by atoms with E-state index in [1.807, 2.05) is 61.5 Å². The van der Waals surface area contributed by atoms with Gasteiger partial charge in [0.05, 0.1) is 27.0 Å². The molecule has 1 heterocycles. The van der Waals surface area contributed by atoms with Crippen LogP contribution >= 0.6 is 0 Å². The van der Waals surface area contributed by atoms with E-state index >= 15 is 0 Å². The summed E-state index contributed by atoms with van der Waals surface area (Å²) in [4.78, 5) is 2.12. The van der Waals surface area contributed by atoms with Crippen LogP contribution in [0.4, 0.5) is 0 Å². The van der Waals surface area contributed by atoms with Gasteiger partial charge in [0.15, 0.2) is 11.5 Å². The second kappa shape index (κ2) is 10.7. The summed E-state index contributed by atoms with van der Waals surface area (Å²) in [6, 6.07) is 17.4. The van der Waals surface area contributed by atoms with Crippen molar-refractivity contribution < 1.29 is 23.7 Å². The van der Waals surface area contributed by atoms with Crippen LogP contribution in [0.25, 0.3) is 0 Å². The summed E-state index contributed by atoms with van der Waals surface area (Å²) < 4.78 is 22.0. The van der Waals surface area contributed by atoms with Gasteiger partial charge in [-0.2, -0.15) is 0 Å². The summed E-state index contributed by atoms with van der Waals surface area (Å²) in [6.07, 6.45) is 1.00. The fourth-order valence-corrected chi connectivity index (χ4v) is 3.29. The van der Waals surface area contributed by atoms with Gasteiger partial charge in [0.1, 0.15) is 24.2 Å². The molecule has 3 rings (SSSR count). The minimum Gasteiger partial charge on any atom is -0.493 e. The zero-order valence-electron chi connectivity index (χ0n) is 17.7. The number of hydrogen-bond donors (Lipinski definition) is 1. The molecule has 1 N–H and O–H groups in total. The van der Waals surface area contributed by atoms with E-state index in [1.165, 1.54) is 0 Å². The number of rotatable bonds is 11. The third kappa shape index (κ3) is 6.27. The monoisotopic (exact) mass is 411 g/mol. The molecule has 1 atom stereocenters. The van der Waals surface area contributed by atoms with Crippen LogP contribution in [0.3, 0.4) is 0 Å². The molecule has 2 aromatic carbocycles. The van der Waals surface area contributed by atoms with Gasteiger partial charge in [0.2, 0.25) is 0 Å². The summed E-state index contributed by atoms with van der Waals surface area (Å²) in [7, 11) is 3.24. The number of furan rings is 1. The van der Waals surface area contributed by atoms with E-state index in [0.717, 1.165) is 22.6 Å². The minimum absolute atomic E-state index is 0.212. The largest absolute Gasteiger partial charge is 0.493 e. The van der Waals surface area contributed by atoms with Crippen molar-refractivity contribution in [1.29, 1.82) is 0 Å². The molecule has 0 aliphatic carbocycles. The quantitative estimate of drug-likeness (QED) is 0.514.